The van der Waals surface area contributed by atoms with Crippen molar-refractivity contribution in [1.82, 2.24) is 0 Å². The Kier molecular flexibility index (Phi) is 17.6. The Morgan fingerprint density at radius 1 is 0.471 bits per heavy atom. The summed E-state index contributed by atoms with van der Waals surface area (Å²) < 4.78 is 49.1. The Morgan fingerprint density at radius 2 is 0.929 bits per heavy atom. The molecule has 0 radical (unpaired) electrons. The maximum atomic E-state index is 13.3. The van der Waals surface area contributed by atoms with Crippen molar-refractivity contribution in [1.29, 1.82) is 0 Å². The fourth-order valence-electron chi connectivity index (χ4n) is 14.7. The van der Waals surface area contributed by atoms with Crippen molar-refractivity contribution in [2.24, 2.45) is 118 Å². The zero-order valence-corrected chi connectivity index (χ0v) is 41.4. The zero-order valence-electron chi connectivity index (χ0n) is 41.4. The summed E-state index contributed by atoms with van der Waals surface area (Å²) in [6.07, 6.45) is 17.4. The van der Waals surface area contributed by atoms with E-state index in [9.17, 15) is 38.4 Å². The van der Waals surface area contributed by atoms with Crippen molar-refractivity contribution in [2.75, 3.05) is 55.6 Å². The van der Waals surface area contributed by atoms with Gasteiger partial charge in [-0.25, -0.2) is 9.59 Å². The molecule has 20 atom stereocenters. The van der Waals surface area contributed by atoms with Crippen LogP contribution in [0.25, 0.3) is 0 Å². The van der Waals surface area contributed by atoms with E-state index in [-0.39, 0.29) is 68.6 Å². The van der Waals surface area contributed by atoms with Gasteiger partial charge in [0, 0.05) is 40.6 Å². The van der Waals surface area contributed by atoms with Crippen LogP contribution >= 0.6 is 0 Å². The number of fused-ring (bicyclic) bond motifs is 8. The molecule has 0 N–H and O–H groups in total. The lowest BCUT2D eigenvalue weighted by atomic mass is 9.59. The molecule has 386 valence electrons. The molecule has 0 aromatic carbocycles. The minimum atomic E-state index is -0.766. The lowest BCUT2D eigenvalue weighted by Crippen LogP contribution is -2.48. The van der Waals surface area contributed by atoms with Gasteiger partial charge in [0.2, 0.25) is 0 Å². The van der Waals surface area contributed by atoms with Crippen molar-refractivity contribution in [3.8, 4) is 0 Å². The Labute approximate surface area is 409 Å². The summed E-state index contributed by atoms with van der Waals surface area (Å²) in [7, 11) is 5.74. The van der Waals surface area contributed by atoms with Crippen LogP contribution in [0.15, 0.2) is 36.5 Å². The number of methoxy groups -OCH3 is 4. The summed E-state index contributed by atoms with van der Waals surface area (Å²) in [4.78, 5) is 96.5. The van der Waals surface area contributed by atoms with Crippen molar-refractivity contribution < 1.29 is 85.7 Å². The number of rotatable bonds is 14. The van der Waals surface area contributed by atoms with Crippen LogP contribution in [-0.2, 0) is 85.7 Å². The molecule has 1 saturated heterocycles. The molecule has 0 aromatic heterocycles. The van der Waals surface area contributed by atoms with E-state index in [4.69, 9.17) is 42.6 Å². The summed E-state index contributed by atoms with van der Waals surface area (Å²) in [6.45, 7) is 8.28. The summed E-state index contributed by atoms with van der Waals surface area (Å²) in [5, 5.41) is 0. The average Bonchev–Trinajstić information content (AvgIpc) is 4.21. The molecule has 0 aromatic rings. The van der Waals surface area contributed by atoms with Gasteiger partial charge in [-0.3, -0.25) is 28.8 Å². The number of carbonyl (C=O) groups excluding carboxylic acids is 8. The van der Waals surface area contributed by atoms with Gasteiger partial charge in [0.15, 0.2) is 27.2 Å². The normalized spacial score (nSPS) is 40.2. The molecule has 20 unspecified atom stereocenters. The molecule has 10 aliphatic rings. The molecular weight excluding hydrogens is 913 g/mol. The lowest BCUT2D eigenvalue weighted by molar-refractivity contribution is -0.178. The molecule has 6 saturated carbocycles. The highest BCUT2D eigenvalue weighted by Gasteiger charge is 2.69. The first kappa shape index (κ1) is 53.0. The number of hydrogen-bond acceptors (Lipinski definition) is 18. The molecule has 8 aliphatic carbocycles. The van der Waals surface area contributed by atoms with E-state index in [1.54, 1.807) is 0 Å². The third-order valence-electron chi connectivity index (χ3n) is 17.4. The molecule has 18 nitrogen and oxygen atoms in total. The average molecular weight is 983 g/mol. The van der Waals surface area contributed by atoms with E-state index in [0.29, 0.717) is 30.1 Å². The summed E-state index contributed by atoms with van der Waals surface area (Å²) in [5.74, 6) is -3.02. The first-order valence-corrected chi connectivity index (χ1v) is 24.7. The standard InChI is InChI=1S/C27H38O9.C13H18O6.C8H12.C4H2O3/c1-11-6-14-7-15(11)12(2)18(14)22-23(27(31)36-26(22)30)19-13(3)16-8-17(19)21(25(29)35-10-33-5)20(16)24(28)34-9-32-4;1-16-6-18-12(14)10-8-3-4-9(5-8)11(10)13(15)19-7-17-2;1-6-4-7-2-3-8(6)5-7;5-3-1-2-4(6)7-3/h11-23H,6-10H2,1-5H3;3-4,8-11H,5-7H2,1-2H3;2-3,6-8H,4-5H2,1H3;1-2H. The van der Waals surface area contributed by atoms with E-state index in [1.165, 1.54) is 41.3 Å². The van der Waals surface area contributed by atoms with Gasteiger partial charge in [-0.1, -0.05) is 52.0 Å². The number of hydrogen-bond donors (Lipinski definition) is 0. The second-order valence-electron chi connectivity index (χ2n) is 21.0. The van der Waals surface area contributed by atoms with Crippen LogP contribution in [-0.4, -0.2) is 103 Å². The van der Waals surface area contributed by atoms with Gasteiger partial charge in [-0.15, -0.1) is 0 Å². The smallest absolute Gasteiger partial charge is 0.338 e. The first-order valence-electron chi connectivity index (χ1n) is 24.7. The Hall–Kier alpha value is -4.78. The van der Waals surface area contributed by atoms with Crippen molar-refractivity contribution >= 4 is 47.8 Å². The predicted molar refractivity (Wildman–Crippen MR) is 242 cm³/mol. The van der Waals surface area contributed by atoms with Crippen LogP contribution in [0.3, 0.4) is 0 Å². The van der Waals surface area contributed by atoms with Crippen LogP contribution < -0.4 is 0 Å². The maximum absolute atomic E-state index is 13.3. The lowest BCUT2D eigenvalue weighted by Gasteiger charge is -2.42. The molecule has 7 fully saturated rings. The second-order valence-corrected chi connectivity index (χ2v) is 21.0. The van der Waals surface area contributed by atoms with Crippen molar-refractivity contribution in [2.45, 2.75) is 66.2 Å². The molecule has 70 heavy (non-hydrogen) atoms. The van der Waals surface area contributed by atoms with Gasteiger partial charge in [0.25, 0.3) is 0 Å². The molecule has 18 heteroatoms. The Morgan fingerprint density at radius 3 is 1.31 bits per heavy atom. The third-order valence-corrected chi connectivity index (χ3v) is 17.4. The highest BCUT2D eigenvalue weighted by atomic mass is 16.7. The van der Waals surface area contributed by atoms with Crippen LogP contribution in [0.5, 0.6) is 0 Å². The minimum Gasteiger partial charge on any atom is -0.438 e. The quantitative estimate of drug-likeness (QED) is 0.0714. The first-order chi connectivity index (χ1) is 33.5. The summed E-state index contributed by atoms with van der Waals surface area (Å²) in [6, 6.07) is 0. The predicted octanol–water partition coefficient (Wildman–Crippen LogP) is 5.22. The molecule has 10 rings (SSSR count). The number of allylic oxidation sites excluding steroid dienone is 4. The number of carbonyl (C=O) groups is 8. The third kappa shape index (κ3) is 10.8. The van der Waals surface area contributed by atoms with E-state index in [1.807, 2.05) is 19.1 Å². The molecule has 2 heterocycles. The van der Waals surface area contributed by atoms with E-state index < -0.39 is 83.3 Å². The van der Waals surface area contributed by atoms with E-state index >= 15 is 0 Å². The number of esters is 8. The zero-order chi connectivity index (χ0) is 50.6. The van der Waals surface area contributed by atoms with Gasteiger partial charge in [-0.2, -0.15) is 0 Å². The highest BCUT2D eigenvalue weighted by Crippen LogP contribution is 2.66. The molecule has 0 spiro atoms. The summed E-state index contributed by atoms with van der Waals surface area (Å²) >= 11 is 0. The largest absolute Gasteiger partial charge is 0.438 e. The van der Waals surface area contributed by atoms with Crippen LogP contribution in [0.2, 0.25) is 0 Å². The molecule has 0 amide bonds. The van der Waals surface area contributed by atoms with E-state index in [2.05, 4.69) is 37.7 Å². The van der Waals surface area contributed by atoms with Gasteiger partial charge in [0.1, 0.15) is 0 Å². The molecule has 8 bridgehead atoms. The SMILES string of the molecule is CC1CC2C=CC1C2.COCOC(=O)C1C2C=CC(C2)C1C(=O)OCOC.COCOC(=O)C1C2CC(C1C(=O)OCOC)C(C1C(=O)OC(=O)C1C1C3CC(C)C(C3)C1C)C2C.O=C1C=CC(=O)O1. The van der Waals surface area contributed by atoms with Gasteiger partial charge in [0.05, 0.1) is 35.5 Å². The van der Waals surface area contributed by atoms with Crippen LogP contribution in [0.4, 0.5) is 0 Å². The fourth-order valence-corrected chi connectivity index (χ4v) is 14.7. The fraction of sp³-hybridized carbons (Fsp3) is 0.731. The number of cyclic esters (lactones) is 4. The van der Waals surface area contributed by atoms with Crippen LogP contribution in [0, 0.1) is 118 Å². The van der Waals surface area contributed by atoms with Crippen LogP contribution in [0.1, 0.15) is 66.2 Å². The Bertz CT molecular complexity index is 2010. The maximum Gasteiger partial charge on any atom is 0.338 e. The number of ether oxygens (including phenoxy) is 10. The molecular formula is C52H70O18. The van der Waals surface area contributed by atoms with Gasteiger partial charge < -0.3 is 47.4 Å². The topological polar surface area (TPSA) is 229 Å². The van der Waals surface area contributed by atoms with E-state index in [0.717, 1.165) is 49.2 Å². The van der Waals surface area contributed by atoms with Gasteiger partial charge >= 0.3 is 47.8 Å². The summed E-state index contributed by atoms with van der Waals surface area (Å²) in [5.41, 5.74) is 0. The minimum absolute atomic E-state index is 0.0504. The second kappa shape index (κ2) is 23.2. The monoisotopic (exact) mass is 982 g/mol. The van der Waals surface area contributed by atoms with Crippen molar-refractivity contribution in [3.05, 3.63) is 36.5 Å². The molecule has 2 aliphatic heterocycles. The Balaban J connectivity index is 0.000000173. The highest BCUT2D eigenvalue weighted by molar-refractivity contribution is 6.05. The van der Waals surface area contributed by atoms with Crippen molar-refractivity contribution in [3.63, 3.8) is 0 Å². The van der Waals surface area contributed by atoms with Gasteiger partial charge in [-0.05, 0) is 121 Å².